The van der Waals surface area contributed by atoms with E-state index >= 15 is 0 Å². The molecule has 13 heavy (non-hydrogen) atoms. The second-order valence-electron chi connectivity index (χ2n) is 4.41. The predicted octanol–water partition coefficient (Wildman–Crippen LogP) is 1.25. The highest BCUT2D eigenvalue weighted by molar-refractivity contribution is 4.99. The summed E-state index contributed by atoms with van der Waals surface area (Å²) >= 11 is 0. The Morgan fingerprint density at radius 3 is 2.77 bits per heavy atom. The molecular weight excluding hydrogens is 160 g/mol. The first-order valence-corrected chi connectivity index (χ1v) is 5.44. The van der Waals surface area contributed by atoms with E-state index in [2.05, 4.69) is 16.8 Å². The fourth-order valence-electron chi connectivity index (χ4n) is 2.29. The van der Waals surface area contributed by atoms with E-state index in [0.717, 1.165) is 5.92 Å². The summed E-state index contributed by atoms with van der Waals surface area (Å²) in [6.45, 7) is 10.3. The van der Waals surface area contributed by atoms with E-state index in [1.54, 1.807) is 0 Å². The maximum atomic E-state index is 4.04. The standard InChI is InChI=1S/C11H20N2/c1-10-3-6-13(7-4-10)9-11-2-5-12-8-11/h11-12H,1-9H2. The molecule has 0 bridgehead atoms. The van der Waals surface area contributed by atoms with E-state index in [9.17, 15) is 0 Å². The summed E-state index contributed by atoms with van der Waals surface area (Å²) in [5.74, 6) is 0.909. The molecular formula is C11H20N2. The Morgan fingerprint density at radius 1 is 1.38 bits per heavy atom. The molecule has 0 aliphatic carbocycles. The average Bonchev–Trinajstić information content (AvgIpc) is 2.62. The largest absolute Gasteiger partial charge is 0.316 e. The molecule has 0 radical (unpaired) electrons. The van der Waals surface area contributed by atoms with Gasteiger partial charge in [-0.15, -0.1) is 0 Å². The van der Waals surface area contributed by atoms with Crippen molar-refractivity contribution in [1.29, 1.82) is 0 Å². The summed E-state index contributed by atoms with van der Waals surface area (Å²) in [4.78, 5) is 2.60. The monoisotopic (exact) mass is 180 g/mol. The molecule has 0 saturated carbocycles. The van der Waals surface area contributed by atoms with E-state index in [4.69, 9.17) is 0 Å². The van der Waals surface area contributed by atoms with Crippen molar-refractivity contribution in [3.05, 3.63) is 12.2 Å². The van der Waals surface area contributed by atoms with Gasteiger partial charge in [-0.3, -0.25) is 0 Å². The SMILES string of the molecule is C=C1CCN(CC2CCNC2)CC1. The van der Waals surface area contributed by atoms with Crippen LogP contribution in [-0.2, 0) is 0 Å². The quantitative estimate of drug-likeness (QED) is 0.643. The van der Waals surface area contributed by atoms with E-state index in [-0.39, 0.29) is 0 Å². The van der Waals surface area contributed by atoms with Gasteiger partial charge < -0.3 is 10.2 Å². The molecule has 0 aromatic rings. The van der Waals surface area contributed by atoms with Crippen LogP contribution in [-0.4, -0.2) is 37.6 Å². The van der Waals surface area contributed by atoms with Crippen LogP contribution < -0.4 is 5.32 Å². The topological polar surface area (TPSA) is 15.3 Å². The Labute approximate surface area is 81.0 Å². The Hall–Kier alpha value is -0.340. The number of nitrogens with zero attached hydrogens (tertiary/aromatic N) is 1. The lowest BCUT2D eigenvalue weighted by Crippen LogP contribution is -2.35. The molecule has 2 aliphatic rings. The zero-order chi connectivity index (χ0) is 9.10. The lowest BCUT2D eigenvalue weighted by molar-refractivity contribution is 0.223. The van der Waals surface area contributed by atoms with Crippen LogP contribution in [0.15, 0.2) is 12.2 Å². The molecule has 2 fully saturated rings. The van der Waals surface area contributed by atoms with Gasteiger partial charge in [0.05, 0.1) is 0 Å². The maximum Gasteiger partial charge on any atom is 0.00225 e. The Balaban J connectivity index is 1.72. The third-order valence-corrected chi connectivity index (χ3v) is 3.24. The number of nitrogens with one attached hydrogen (secondary N) is 1. The van der Waals surface area contributed by atoms with Crippen molar-refractivity contribution >= 4 is 0 Å². The van der Waals surface area contributed by atoms with Gasteiger partial charge in [-0.2, -0.15) is 0 Å². The fourth-order valence-corrected chi connectivity index (χ4v) is 2.29. The third kappa shape index (κ3) is 2.55. The normalized spacial score (nSPS) is 31.1. The van der Waals surface area contributed by atoms with Crippen LogP contribution in [0.3, 0.4) is 0 Å². The van der Waals surface area contributed by atoms with Gasteiger partial charge in [-0.05, 0) is 38.3 Å². The zero-order valence-electron chi connectivity index (χ0n) is 8.39. The number of hydrogen-bond acceptors (Lipinski definition) is 2. The van der Waals surface area contributed by atoms with Crippen molar-refractivity contribution < 1.29 is 0 Å². The van der Waals surface area contributed by atoms with Crippen LogP contribution >= 0.6 is 0 Å². The summed E-state index contributed by atoms with van der Waals surface area (Å²) in [6.07, 6.45) is 3.82. The first-order valence-electron chi connectivity index (χ1n) is 5.44. The van der Waals surface area contributed by atoms with Crippen molar-refractivity contribution in [3.63, 3.8) is 0 Å². The van der Waals surface area contributed by atoms with Crippen molar-refractivity contribution in [2.45, 2.75) is 19.3 Å². The fraction of sp³-hybridized carbons (Fsp3) is 0.818. The summed E-state index contributed by atoms with van der Waals surface area (Å²) in [6, 6.07) is 0. The molecule has 0 spiro atoms. The minimum absolute atomic E-state index is 0.909. The van der Waals surface area contributed by atoms with Crippen LogP contribution in [0.25, 0.3) is 0 Å². The predicted molar refractivity (Wildman–Crippen MR) is 55.8 cm³/mol. The van der Waals surface area contributed by atoms with Crippen molar-refractivity contribution in [3.8, 4) is 0 Å². The van der Waals surface area contributed by atoms with Gasteiger partial charge in [0.25, 0.3) is 0 Å². The molecule has 2 aliphatic heterocycles. The summed E-state index contributed by atoms with van der Waals surface area (Å²) < 4.78 is 0. The van der Waals surface area contributed by atoms with Gasteiger partial charge in [0.1, 0.15) is 0 Å². The van der Waals surface area contributed by atoms with Crippen LogP contribution in [0.5, 0.6) is 0 Å². The Bertz CT molecular complexity index is 173. The number of hydrogen-bond donors (Lipinski definition) is 1. The van der Waals surface area contributed by atoms with E-state index < -0.39 is 0 Å². The number of piperidine rings is 1. The van der Waals surface area contributed by atoms with E-state index in [1.165, 1.54) is 57.6 Å². The van der Waals surface area contributed by atoms with Gasteiger partial charge >= 0.3 is 0 Å². The van der Waals surface area contributed by atoms with Crippen LogP contribution in [0.4, 0.5) is 0 Å². The molecule has 2 nitrogen and oxygen atoms in total. The van der Waals surface area contributed by atoms with E-state index in [0.29, 0.717) is 0 Å². The molecule has 0 aromatic heterocycles. The molecule has 0 amide bonds. The highest BCUT2D eigenvalue weighted by Gasteiger charge is 2.19. The van der Waals surface area contributed by atoms with Gasteiger partial charge in [0.2, 0.25) is 0 Å². The molecule has 1 atom stereocenters. The van der Waals surface area contributed by atoms with Crippen LogP contribution in [0, 0.1) is 5.92 Å². The van der Waals surface area contributed by atoms with Crippen molar-refractivity contribution in [2.75, 3.05) is 32.7 Å². The lowest BCUT2D eigenvalue weighted by Gasteiger charge is -2.29. The van der Waals surface area contributed by atoms with Gasteiger partial charge in [-0.25, -0.2) is 0 Å². The Kier molecular flexibility index (Phi) is 3.01. The lowest BCUT2D eigenvalue weighted by atomic mass is 10.0. The Morgan fingerprint density at radius 2 is 2.15 bits per heavy atom. The molecule has 2 heteroatoms. The first kappa shape index (κ1) is 9.22. The summed E-state index contributed by atoms with van der Waals surface area (Å²) in [5, 5.41) is 3.43. The molecule has 2 rings (SSSR count). The molecule has 2 heterocycles. The smallest absolute Gasteiger partial charge is 0.00225 e. The molecule has 2 saturated heterocycles. The van der Waals surface area contributed by atoms with Gasteiger partial charge in [0.15, 0.2) is 0 Å². The average molecular weight is 180 g/mol. The zero-order valence-corrected chi connectivity index (χ0v) is 8.39. The maximum absolute atomic E-state index is 4.04. The highest BCUT2D eigenvalue weighted by atomic mass is 15.1. The second-order valence-corrected chi connectivity index (χ2v) is 4.41. The molecule has 0 aromatic carbocycles. The van der Waals surface area contributed by atoms with Crippen molar-refractivity contribution in [1.82, 2.24) is 10.2 Å². The highest BCUT2D eigenvalue weighted by Crippen LogP contribution is 2.17. The first-order chi connectivity index (χ1) is 6.34. The summed E-state index contributed by atoms with van der Waals surface area (Å²) in [5.41, 5.74) is 1.45. The van der Waals surface area contributed by atoms with Gasteiger partial charge in [0, 0.05) is 19.6 Å². The van der Waals surface area contributed by atoms with Crippen molar-refractivity contribution in [2.24, 2.45) is 5.92 Å². The number of likely N-dealkylation sites (tertiary alicyclic amines) is 1. The number of rotatable bonds is 2. The minimum Gasteiger partial charge on any atom is -0.316 e. The molecule has 1 N–H and O–H groups in total. The minimum atomic E-state index is 0.909. The second kappa shape index (κ2) is 4.25. The van der Waals surface area contributed by atoms with E-state index in [1.807, 2.05) is 0 Å². The third-order valence-electron chi connectivity index (χ3n) is 3.24. The van der Waals surface area contributed by atoms with Crippen LogP contribution in [0.1, 0.15) is 19.3 Å². The molecule has 1 unspecified atom stereocenters. The van der Waals surface area contributed by atoms with Gasteiger partial charge in [-0.1, -0.05) is 12.2 Å². The van der Waals surface area contributed by atoms with Crippen LogP contribution in [0.2, 0.25) is 0 Å². The summed E-state index contributed by atoms with van der Waals surface area (Å²) in [7, 11) is 0. The molecule has 74 valence electrons.